The molecule has 2 aromatic rings. The fourth-order valence-corrected chi connectivity index (χ4v) is 1.30. The Labute approximate surface area is 96.0 Å². The highest BCUT2D eigenvalue weighted by Gasteiger charge is 2.10. The predicted octanol–water partition coefficient (Wildman–Crippen LogP) is 1.68. The Bertz CT molecular complexity index is 569. The normalized spacial score (nSPS) is 10.2. The van der Waals surface area contributed by atoms with Gasteiger partial charge < -0.3 is 5.11 Å². The summed E-state index contributed by atoms with van der Waals surface area (Å²) in [5.41, 5.74) is 0.731. The van der Waals surface area contributed by atoms with E-state index in [1.165, 1.54) is 18.2 Å². The summed E-state index contributed by atoms with van der Waals surface area (Å²) in [6.45, 7) is 1.65. The third-order valence-electron chi connectivity index (χ3n) is 2.03. The average Bonchev–Trinajstić information content (AvgIpc) is 2.29. The molecule has 0 radical (unpaired) electrons. The third kappa shape index (κ3) is 2.41. The van der Waals surface area contributed by atoms with Gasteiger partial charge in [-0.2, -0.15) is 0 Å². The second-order valence-electron chi connectivity index (χ2n) is 3.38. The topological polar surface area (TPSA) is 76.0 Å². The number of hydrogen-bond acceptors (Lipinski definition) is 4. The van der Waals surface area contributed by atoms with E-state index < -0.39 is 11.8 Å². The second-order valence-corrected chi connectivity index (χ2v) is 3.38. The van der Waals surface area contributed by atoms with Crippen molar-refractivity contribution in [2.45, 2.75) is 6.92 Å². The Kier molecular flexibility index (Phi) is 2.78. The van der Waals surface area contributed by atoms with Crippen LogP contribution in [0.2, 0.25) is 0 Å². The van der Waals surface area contributed by atoms with E-state index in [0.717, 1.165) is 6.20 Å². The van der Waals surface area contributed by atoms with E-state index in [4.69, 9.17) is 5.11 Å². The number of aromatic carboxylic acids is 1. The van der Waals surface area contributed by atoms with Crippen LogP contribution < -0.4 is 0 Å². The zero-order chi connectivity index (χ0) is 12.4. The number of aryl methyl sites for hydroxylation is 1. The molecule has 0 fully saturated rings. The fourth-order valence-electron chi connectivity index (χ4n) is 1.30. The number of carboxylic acids is 1. The molecule has 2 heterocycles. The summed E-state index contributed by atoms with van der Waals surface area (Å²) in [7, 11) is 0. The van der Waals surface area contributed by atoms with Crippen LogP contribution in [0.4, 0.5) is 4.39 Å². The first kappa shape index (κ1) is 11.1. The van der Waals surface area contributed by atoms with E-state index in [9.17, 15) is 9.18 Å². The van der Waals surface area contributed by atoms with Crippen molar-refractivity contribution < 1.29 is 14.3 Å². The maximum atomic E-state index is 12.7. The van der Waals surface area contributed by atoms with Crippen LogP contribution in [0.1, 0.15) is 16.2 Å². The van der Waals surface area contributed by atoms with Crippen LogP contribution in [0.3, 0.4) is 0 Å². The first-order chi connectivity index (χ1) is 8.06. The van der Waals surface area contributed by atoms with Gasteiger partial charge in [-0.3, -0.25) is 0 Å². The van der Waals surface area contributed by atoms with Crippen molar-refractivity contribution in [1.29, 1.82) is 0 Å². The molecule has 0 aliphatic carbocycles. The van der Waals surface area contributed by atoms with Gasteiger partial charge >= 0.3 is 5.97 Å². The first-order valence-corrected chi connectivity index (χ1v) is 4.77. The number of aromatic nitrogens is 3. The summed E-state index contributed by atoms with van der Waals surface area (Å²) in [5.74, 6) is -1.44. The number of carbonyl (C=O) groups is 1. The molecule has 0 saturated heterocycles. The van der Waals surface area contributed by atoms with Crippen LogP contribution in [-0.4, -0.2) is 26.0 Å². The molecule has 0 aliphatic heterocycles. The highest BCUT2D eigenvalue weighted by atomic mass is 19.1. The SMILES string of the molecule is Cc1cc(C(=O)O)nc(-c2ccc(F)cn2)n1. The lowest BCUT2D eigenvalue weighted by Gasteiger charge is -2.02. The van der Waals surface area contributed by atoms with Gasteiger partial charge in [-0.1, -0.05) is 0 Å². The molecule has 0 saturated carbocycles. The largest absolute Gasteiger partial charge is 0.477 e. The lowest BCUT2D eigenvalue weighted by molar-refractivity contribution is 0.0690. The highest BCUT2D eigenvalue weighted by Crippen LogP contribution is 2.13. The number of nitrogens with zero attached hydrogens (tertiary/aromatic N) is 3. The van der Waals surface area contributed by atoms with Crippen molar-refractivity contribution >= 4 is 5.97 Å². The zero-order valence-electron chi connectivity index (χ0n) is 8.88. The Hall–Kier alpha value is -2.37. The Morgan fingerprint density at radius 3 is 2.71 bits per heavy atom. The number of pyridine rings is 1. The molecule has 0 amide bonds. The average molecular weight is 233 g/mol. The van der Waals surface area contributed by atoms with Gasteiger partial charge in [0.2, 0.25) is 0 Å². The van der Waals surface area contributed by atoms with Crippen LogP contribution in [0.5, 0.6) is 0 Å². The molecule has 2 aromatic heterocycles. The quantitative estimate of drug-likeness (QED) is 0.854. The minimum absolute atomic E-state index is 0.112. The lowest BCUT2D eigenvalue weighted by atomic mass is 10.3. The molecular weight excluding hydrogens is 225 g/mol. The number of carboxylic acid groups (broad SMARTS) is 1. The molecule has 0 spiro atoms. The van der Waals surface area contributed by atoms with Gasteiger partial charge in [-0.05, 0) is 25.1 Å². The van der Waals surface area contributed by atoms with Gasteiger partial charge in [0.25, 0.3) is 0 Å². The second kappa shape index (κ2) is 4.25. The standard InChI is InChI=1S/C11H8FN3O2/c1-6-4-9(11(16)17)15-10(14-6)8-3-2-7(12)5-13-8/h2-5H,1H3,(H,16,17). The van der Waals surface area contributed by atoms with E-state index in [2.05, 4.69) is 15.0 Å². The monoisotopic (exact) mass is 233 g/mol. The molecule has 0 atom stereocenters. The van der Waals surface area contributed by atoms with E-state index in [-0.39, 0.29) is 11.5 Å². The maximum absolute atomic E-state index is 12.7. The fraction of sp³-hybridized carbons (Fsp3) is 0.0909. The summed E-state index contributed by atoms with van der Waals surface area (Å²) in [5, 5.41) is 8.85. The molecule has 0 aliphatic rings. The first-order valence-electron chi connectivity index (χ1n) is 4.77. The van der Waals surface area contributed by atoms with Gasteiger partial charge in [0.1, 0.15) is 11.5 Å². The van der Waals surface area contributed by atoms with Crippen molar-refractivity contribution in [3.63, 3.8) is 0 Å². The minimum atomic E-state index is -1.14. The molecule has 0 aromatic carbocycles. The smallest absolute Gasteiger partial charge is 0.354 e. The number of halogens is 1. The van der Waals surface area contributed by atoms with E-state index in [1.54, 1.807) is 6.92 Å². The number of rotatable bonds is 2. The van der Waals surface area contributed by atoms with Gasteiger partial charge in [-0.25, -0.2) is 24.1 Å². The van der Waals surface area contributed by atoms with Gasteiger partial charge in [-0.15, -0.1) is 0 Å². The summed E-state index contributed by atoms with van der Waals surface area (Å²) in [6, 6.07) is 3.97. The van der Waals surface area contributed by atoms with Crippen LogP contribution >= 0.6 is 0 Å². The molecular formula is C11H8FN3O2. The molecule has 2 rings (SSSR count). The Morgan fingerprint density at radius 1 is 1.35 bits per heavy atom. The van der Waals surface area contributed by atoms with E-state index in [0.29, 0.717) is 11.4 Å². The van der Waals surface area contributed by atoms with Crippen LogP contribution in [0.15, 0.2) is 24.4 Å². The van der Waals surface area contributed by atoms with Gasteiger partial charge in [0.15, 0.2) is 11.5 Å². The van der Waals surface area contributed by atoms with Crippen LogP contribution in [0, 0.1) is 12.7 Å². The number of hydrogen-bond donors (Lipinski definition) is 1. The van der Waals surface area contributed by atoms with Crippen molar-refractivity contribution in [1.82, 2.24) is 15.0 Å². The van der Waals surface area contributed by atoms with E-state index in [1.807, 2.05) is 0 Å². The predicted molar refractivity (Wildman–Crippen MR) is 56.9 cm³/mol. The summed E-state index contributed by atoms with van der Waals surface area (Å²) < 4.78 is 12.7. The van der Waals surface area contributed by atoms with E-state index >= 15 is 0 Å². The molecule has 0 unspecified atom stereocenters. The molecule has 86 valence electrons. The summed E-state index contributed by atoms with van der Waals surface area (Å²) in [6.07, 6.45) is 1.03. The molecule has 17 heavy (non-hydrogen) atoms. The Morgan fingerprint density at radius 2 is 2.12 bits per heavy atom. The van der Waals surface area contributed by atoms with Crippen molar-refractivity contribution in [3.8, 4) is 11.5 Å². The summed E-state index contributed by atoms with van der Waals surface area (Å²) >= 11 is 0. The molecule has 0 bridgehead atoms. The zero-order valence-corrected chi connectivity index (χ0v) is 8.88. The molecule has 6 heteroatoms. The van der Waals surface area contributed by atoms with Crippen LogP contribution in [0.25, 0.3) is 11.5 Å². The van der Waals surface area contributed by atoms with Crippen molar-refractivity contribution in [2.75, 3.05) is 0 Å². The van der Waals surface area contributed by atoms with Crippen LogP contribution in [-0.2, 0) is 0 Å². The molecule has 5 nitrogen and oxygen atoms in total. The summed E-state index contributed by atoms with van der Waals surface area (Å²) in [4.78, 5) is 22.5. The minimum Gasteiger partial charge on any atom is -0.477 e. The molecule has 1 N–H and O–H groups in total. The third-order valence-corrected chi connectivity index (χ3v) is 2.03. The Balaban J connectivity index is 2.51. The highest BCUT2D eigenvalue weighted by molar-refractivity contribution is 5.85. The van der Waals surface area contributed by atoms with Crippen molar-refractivity contribution in [2.24, 2.45) is 0 Å². The van der Waals surface area contributed by atoms with Gasteiger partial charge in [0, 0.05) is 5.69 Å². The van der Waals surface area contributed by atoms with Gasteiger partial charge in [0.05, 0.1) is 6.20 Å². The maximum Gasteiger partial charge on any atom is 0.354 e. The lowest BCUT2D eigenvalue weighted by Crippen LogP contribution is -2.04. The van der Waals surface area contributed by atoms with Crippen molar-refractivity contribution in [3.05, 3.63) is 41.6 Å².